The summed E-state index contributed by atoms with van der Waals surface area (Å²) in [4.78, 5) is 4.92. The monoisotopic (exact) mass is 808 g/mol. The molecule has 0 saturated heterocycles. The fraction of sp³-hybridized carbons (Fsp3) is 0.0984. The summed E-state index contributed by atoms with van der Waals surface area (Å²) in [5, 5.41) is 1.35. The number of para-hydroxylation sites is 1. The van der Waals surface area contributed by atoms with Crippen molar-refractivity contribution < 1.29 is 0 Å². The zero-order valence-corrected chi connectivity index (χ0v) is 35.9. The second-order valence-electron chi connectivity index (χ2n) is 17.1. The van der Waals surface area contributed by atoms with Crippen molar-refractivity contribution in [1.82, 2.24) is 4.57 Å². The average Bonchev–Trinajstić information content (AvgIpc) is 3.89. The van der Waals surface area contributed by atoms with Crippen LogP contribution in [-0.4, -0.2) is 10.3 Å². The van der Waals surface area contributed by atoms with Gasteiger partial charge in [0.1, 0.15) is 0 Å². The molecule has 11 rings (SSSR count). The Balaban J connectivity index is 0.943. The summed E-state index contributed by atoms with van der Waals surface area (Å²) < 4.78 is 2.43. The predicted octanol–water partition coefficient (Wildman–Crippen LogP) is 15.5. The van der Waals surface area contributed by atoms with Crippen molar-refractivity contribution >= 4 is 28.4 Å². The standard InChI is InChI=1S/C61H48N2/c1-40-17-10-11-25-51(40)56-37-45(46-33-34-61-59(38-46)55-26-12-13-30-60(55)63(61)50-23-8-5-9-24-50)31-32-49(56)36-48-22-15-28-53-54-29-16-27-52(58(54)39-57(48)53)47-21-14-20-44(35-47)42(3)62-41(2)43-18-6-4-7-19-43/h4-11,13-25,27-35,37-38H,3,12,26,36,39H2,1-2H3. The third-order valence-corrected chi connectivity index (χ3v) is 13.3. The molecule has 0 aliphatic heterocycles. The van der Waals surface area contributed by atoms with Gasteiger partial charge in [-0.2, -0.15) is 0 Å². The Labute approximate surface area is 370 Å². The number of fused-ring (bicyclic) bond motifs is 6. The number of benzene rings is 8. The number of aryl methyl sites for hydroxylation is 2. The van der Waals surface area contributed by atoms with Gasteiger partial charge in [-0.3, -0.25) is 4.99 Å². The van der Waals surface area contributed by atoms with Crippen LogP contribution in [0, 0.1) is 6.92 Å². The normalized spacial score (nSPS) is 12.9. The van der Waals surface area contributed by atoms with E-state index in [1.54, 1.807) is 0 Å². The van der Waals surface area contributed by atoms with Crippen molar-refractivity contribution in [2.75, 3.05) is 0 Å². The lowest BCUT2D eigenvalue weighted by atomic mass is 9.88. The van der Waals surface area contributed by atoms with Crippen LogP contribution in [0.1, 0.15) is 63.5 Å². The molecule has 0 N–H and O–H groups in total. The van der Waals surface area contributed by atoms with Crippen molar-refractivity contribution in [2.45, 2.75) is 39.5 Å². The first-order valence-electron chi connectivity index (χ1n) is 22.2. The molecule has 0 amide bonds. The molecule has 0 atom stereocenters. The molecular weight excluding hydrogens is 761 g/mol. The van der Waals surface area contributed by atoms with Crippen molar-refractivity contribution in [3.63, 3.8) is 0 Å². The molecule has 0 fully saturated rings. The molecule has 2 nitrogen and oxygen atoms in total. The topological polar surface area (TPSA) is 17.3 Å². The van der Waals surface area contributed by atoms with E-state index in [-0.39, 0.29) is 0 Å². The first kappa shape index (κ1) is 38.4. The molecule has 0 spiro atoms. The SMILES string of the molecule is C=C(N=C(C)c1ccccc1)c1cccc(-c2cccc3c2Cc2c(Cc4ccc(-c5ccc6c(c5)c5c(n6-c6ccccc6)C=CCC5)cc4-c4ccccc4C)cccc2-3)c1. The highest BCUT2D eigenvalue weighted by Gasteiger charge is 2.25. The van der Waals surface area contributed by atoms with Gasteiger partial charge in [0.15, 0.2) is 0 Å². The molecule has 0 unspecified atom stereocenters. The maximum atomic E-state index is 4.92. The molecule has 2 heteroatoms. The van der Waals surface area contributed by atoms with Gasteiger partial charge < -0.3 is 4.57 Å². The highest BCUT2D eigenvalue weighted by molar-refractivity contribution is 6.01. The first-order valence-corrected chi connectivity index (χ1v) is 22.2. The summed E-state index contributed by atoms with van der Waals surface area (Å²) in [6.45, 7) is 8.68. The van der Waals surface area contributed by atoms with Crippen LogP contribution in [0.25, 0.3) is 72.9 Å². The Kier molecular flexibility index (Phi) is 9.78. The molecule has 302 valence electrons. The number of allylic oxidation sites excluding steroid dienone is 1. The highest BCUT2D eigenvalue weighted by atomic mass is 15.0. The second-order valence-corrected chi connectivity index (χ2v) is 17.1. The zero-order chi connectivity index (χ0) is 42.4. The molecule has 1 heterocycles. The Morgan fingerprint density at radius 3 is 2.08 bits per heavy atom. The van der Waals surface area contributed by atoms with Gasteiger partial charge in [-0.15, -0.1) is 0 Å². The minimum atomic E-state index is 0.769. The van der Waals surface area contributed by atoms with E-state index in [0.29, 0.717) is 0 Å². The lowest BCUT2D eigenvalue weighted by Crippen LogP contribution is -1.99. The summed E-state index contributed by atoms with van der Waals surface area (Å²) in [5.41, 5.74) is 26.1. The van der Waals surface area contributed by atoms with E-state index in [1.165, 1.54) is 100 Å². The van der Waals surface area contributed by atoms with E-state index in [0.717, 1.165) is 48.2 Å². The minimum absolute atomic E-state index is 0.769. The van der Waals surface area contributed by atoms with Gasteiger partial charge in [0.25, 0.3) is 0 Å². The van der Waals surface area contributed by atoms with Gasteiger partial charge in [0, 0.05) is 28.0 Å². The molecule has 0 saturated carbocycles. The van der Waals surface area contributed by atoms with Crippen molar-refractivity contribution in [1.29, 1.82) is 0 Å². The van der Waals surface area contributed by atoms with Gasteiger partial charge in [-0.25, -0.2) is 0 Å². The number of rotatable bonds is 9. The fourth-order valence-corrected chi connectivity index (χ4v) is 10.1. The zero-order valence-electron chi connectivity index (χ0n) is 35.9. The largest absolute Gasteiger partial charge is 0.310 e. The van der Waals surface area contributed by atoms with E-state index in [9.17, 15) is 0 Å². The van der Waals surface area contributed by atoms with Crippen molar-refractivity contribution in [2.24, 2.45) is 4.99 Å². The van der Waals surface area contributed by atoms with E-state index in [2.05, 4.69) is 201 Å². The van der Waals surface area contributed by atoms with Gasteiger partial charge in [-0.1, -0.05) is 158 Å². The van der Waals surface area contributed by atoms with Crippen LogP contribution < -0.4 is 0 Å². The second kappa shape index (κ2) is 16.0. The summed E-state index contributed by atoms with van der Waals surface area (Å²) in [7, 11) is 0. The van der Waals surface area contributed by atoms with Crippen LogP contribution in [0.2, 0.25) is 0 Å². The maximum Gasteiger partial charge on any atom is 0.0633 e. The molecule has 8 aromatic carbocycles. The van der Waals surface area contributed by atoms with Gasteiger partial charge >= 0.3 is 0 Å². The first-order chi connectivity index (χ1) is 31.0. The summed E-state index contributed by atoms with van der Waals surface area (Å²) >= 11 is 0. The van der Waals surface area contributed by atoms with E-state index in [1.807, 2.05) is 18.2 Å². The van der Waals surface area contributed by atoms with E-state index < -0.39 is 0 Å². The third-order valence-electron chi connectivity index (χ3n) is 13.3. The highest BCUT2D eigenvalue weighted by Crippen LogP contribution is 2.45. The molecule has 63 heavy (non-hydrogen) atoms. The lowest BCUT2D eigenvalue weighted by molar-refractivity contribution is 0.967. The number of aliphatic imine (C=N–C) groups is 1. The van der Waals surface area contributed by atoms with Gasteiger partial charge in [0.2, 0.25) is 0 Å². The van der Waals surface area contributed by atoms with Crippen LogP contribution in [-0.2, 0) is 19.3 Å². The molecule has 1 aromatic heterocycles. The Morgan fingerprint density at radius 2 is 1.24 bits per heavy atom. The number of hydrogen-bond donors (Lipinski definition) is 0. The molecule has 9 aromatic rings. The summed E-state index contributed by atoms with van der Waals surface area (Å²) in [6.07, 6.45) is 8.50. The van der Waals surface area contributed by atoms with Gasteiger partial charge in [-0.05, 0) is 165 Å². The Morgan fingerprint density at radius 1 is 0.556 bits per heavy atom. The Hall–Kier alpha value is -7.55. The number of aromatic nitrogens is 1. The lowest BCUT2D eigenvalue weighted by Gasteiger charge is -2.17. The van der Waals surface area contributed by atoms with Crippen LogP contribution in [0.15, 0.2) is 200 Å². The van der Waals surface area contributed by atoms with Crippen LogP contribution in [0.4, 0.5) is 0 Å². The molecule has 0 bridgehead atoms. The van der Waals surface area contributed by atoms with Crippen LogP contribution >= 0.6 is 0 Å². The molecule has 2 aliphatic rings. The van der Waals surface area contributed by atoms with E-state index in [4.69, 9.17) is 4.99 Å². The van der Waals surface area contributed by atoms with Gasteiger partial charge in [0.05, 0.1) is 11.2 Å². The predicted molar refractivity (Wildman–Crippen MR) is 267 cm³/mol. The average molecular weight is 809 g/mol. The molecular formula is C61H48N2. The maximum absolute atomic E-state index is 4.92. The number of hydrogen-bond acceptors (Lipinski definition) is 1. The van der Waals surface area contributed by atoms with Crippen LogP contribution in [0.3, 0.4) is 0 Å². The fourth-order valence-electron chi connectivity index (χ4n) is 10.1. The Bertz CT molecular complexity index is 3300. The molecule has 2 aliphatic carbocycles. The third kappa shape index (κ3) is 6.98. The summed E-state index contributed by atoms with van der Waals surface area (Å²) in [6, 6.07) is 66.7. The van der Waals surface area contributed by atoms with Crippen molar-refractivity contribution in [3.8, 4) is 50.2 Å². The minimum Gasteiger partial charge on any atom is -0.310 e. The van der Waals surface area contributed by atoms with Crippen molar-refractivity contribution in [3.05, 3.63) is 245 Å². The smallest absolute Gasteiger partial charge is 0.0633 e. The number of nitrogens with zero attached hydrogens (tertiary/aromatic N) is 2. The molecule has 0 radical (unpaired) electrons. The van der Waals surface area contributed by atoms with Crippen LogP contribution in [0.5, 0.6) is 0 Å². The van der Waals surface area contributed by atoms with E-state index >= 15 is 0 Å². The quantitative estimate of drug-likeness (QED) is 0.129. The summed E-state index contributed by atoms with van der Waals surface area (Å²) in [5.74, 6) is 0.